The first-order valence-corrected chi connectivity index (χ1v) is 9.24. The molecular weight excluding hydrogens is 366 g/mol. The van der Waals surface area contributed by atoms with Crippen molar-refractivity contribution >= 4 is 34.7 Å². The summed E-state index contributed by atoms with van der Waals surface area (Å²) in [5.74, 6) is -1.28. The number of nitrogens with zero attached hydrogens (tertiary/aromatic N) is 4. The Morgan fingerprint density at radius 3 is 2.37 bits per heavy atom. The third-order valence-corrected chi connectivity index (χ3v) is 5.23. The van der Waals surface area contributed by atoms with E-state index in [1.807, 2.05) is 6.07 Å². The van der Waals surface area contributed by atoms with Crippen LogP contribution in [0.15, 0.2) is 18.2 Å². The van der Waals surface area contributed by atoms with Crippen LogP contribution in [0.3, 0.4) is 0 Å². The summed E-state index contributed by atoms with van der Waals surface area (Å²) >= 11 is 6.14. The van der Waals surface area contributed by atoms with Crippen molar-refractivity contribution in [1.29, 1.82) is 0 Å². The van der Waals surface area contributed by atoms with Crippen molar-refractivity contribution in [3.63, 3.8) is 0 Å². The Balaban J connectivity index is 1.85. The molecule has 1 aliphatic heterocycles. The molecular formula is C19H24ClN5O2. The highest BCUT2D eigenvalue weighted by molar-refractivity contribution is 6.47. The van der Waals surface area contributed by atoms with Gasteiger partial charge >= 0.3 is 0 Å². The summed E-state index contributed by atoms with van der Waals surface area (Å²) in [4.78, 5) is 29.8. The van der Waals surface area contributed by atoms with Crippen LogP contribution in [0, 0.1) is 13.8 Å². The van der Waals surface area contributed by atoms with Crippen LogP contribution in [0.5, 0.6) is 0 Å². The number of amides is 1. The zero-order valence-corrected chi connectivity index (χ0v) is 16.8. The molecule has 0 radical (unpaired) electrons. The highest BCUT2D eigenvalue weighted by Gasteiger charge is 2.25. The van der Waals surface area contributed by atoms with E-state index < -0.39 is 11.7 Å². The number of benzene rings is 1. The number of anilines is 2. The number of hydrogen-bond donors (Lipinski definition) is 1. The number of piperazine rings is 1. The fourth-order valence-electron chi connectivity index (χ4n) is 3.33. The summed E-state index contributed by atoms with van der Waals surface area (Å²) in [6, 6.07) is 5.36. The van der Waals surface area contributed by atoms with Crippen molar-refractivity contribution in [3.05, 3.63) is 40.2 Å². The van der Waals surface area contributed by atoms with E-state index in [0.29, 0.717) is 27.7 Å². The van der Waals surface area contributed by atoms with Gasteiger partial charge in [-0.1, -0.05) is 11.6 Å². The van der Waals surface area contributed by atoms with Crippen LogP contribution in [0.1, 0.15) is 21.7 Å². The highest BCUT2D eigenvalue weighted by atomic mass is 35.5. The molecule has 2 aromatic rings. The van der Waals surface area contributed by atoms with Gasteiger partial charge in [-0.25, -0.2) is 0 Å². The van der Waals surface area contributed by atoms with Crippen LogP contribution < -0.4 is 10.2 Å². The van der Waals surface area contributed by atoms with Gasteiger partial charge in [0.15, 0.2) is 0 Å². The molecule has 0 bridgehead atoms. The fraction of sp³-hybridized carbons (Fsp3) is 0.421. The van der Waals surface area contributed by atoms with Gasteiger partial charge in [-0.2, -0.15) is 5.10 Å². The van der Waals surface area contributed by atoms with E-state index in [1.54, 1.807) is 37.7 Å². The third-order valence-electron chi connectivity index (χ3n) is 4.99. The quantitative estimate of drug-likeness (QED) is 0.641. The van der Waals surface area contributed by atoms with Gasteiger partial charge in [-0.15, -0.1) is 0 Å². The lowest BCUT2D eigenvalue weighted by Crippen LogP contribution is -2.44. The van der Waals surface area contributed by atoms with Crippen molar-refractivity contribution < 1.29 is 9.59 Å². The topological polar surface area (TPSA) is 70.5 Å². The van der Waals surface area contributed by atoms with Gasteiger partial charge in [0.2, 0.25) is 0 Å². The molecule has 0 unspecified atom stereocenters. The molecule has 144 valence electrons. The van der Waals surface area contributed by atoms with Crippen LogP contribution in [0.4, 0.5) is 11.4 Å². The van der Waals surface area contributed by atoms with E-state index in [1.165, 1.54) is 0 Å². The Bertz CT molecular complexity index is 884. The van der Waals surface area contributed by atoms with Crippen molar-refractivity contribution in [2.45, 2.75) is 13.8 Å². The highest BCUT2D eigenvalue weighted by Crippen LogP contribution is 2.30. The van der Waals surface area contributed by atoms with E-state index in [2.05, 4.69) is 27.3 Å². The molecule has 0 spiro atoms. The molecule has 3 rings (SSSR count). The number of nitrogens with one attached hydrogen (secondary N) is 1. The number of halogens is 1. The zero-order valence-electron chi connectivity index (χ0n) is 16.0. The number of likely N-dealkylation sites (N-methyl/N-ethyl adjacent to an activating group) is 1. The van der Waals surface area contributed by atoms with Crippen molar-refractivity contribution in [2.24, 2.45) is 7.05 Å². The average Bonchev–Trinajstić information content (AvgIpc) is 2.87. The summed E-state index contributed by atoms with van der Waals surface area (Å²) in [5, 5.41) is 7.48. The molecule has 1 aromatic carbocycles. The Kier molecular flexibility index (Phi) is 5.53. The normalized spacial score (nSPS) is 15.1. The average molecular weight is 390 g/mol. The predicted octanol–water partition coefficient (Wildman–Crippen LogP) is 2.26. The lowest BCUT2D eigenvalue weighted by atomic mass is 10.1. The van der Waals surface area contributed by atoms with Crippen molar-refractivity contribution in [3.8, 4) is 0 Å². The zero-order chi connectivity index (χ0) is 19.7. The predicted molar refractivity (Wildman–Crippen MR) is 107 cm³/mol. The molecule has 0 aliphatic carbocycles. The molecule has 1 aliphatic rings. The van der Waals surface area contributed by atoms with Gasteiger partial charge in [0.05, 0.1) is 22.6 Å². The SMILES string of the molecule is Cc1nn(C)c(C)c1C(=O)C(=O)Nc1cc(Cl)ccc1N1CCN(C)CC1. The lowest BCUT2D eigenvalue weighted by Gasteiger charge is -2.35. The molecule has 0 saturated carbocycles. The second-order valence-corrected chi connectivity index (χ2v) is 7.34. The van der Waals surface area contributed by atoms with Crippen LogP contribution in [0.25, 0.3) is 0 Å². The molecule has 1 aromatic heterocycles. The van der Waals surface area contributed by atoms with E-state index in [0.717, 1.165) is 31.9 Å². The number of rotatable bonds is 4. The summed E-state index contributed by atoms with van der Waals surface area (Å²) in [5.41, 5.74) is 2.97. The summed E-state index contributed by atoms with van der Waals surface area (Å²) in [7, 11) is 3.83. The van der Waals surface area contributed by atoms with Crippen LogP contribution in [-0.4, -0.2) is 59.6 Å². The van der Waals surface area contributed by atoms with Crippen LogP contribution in [-0.2, 0) is 11.8 Å². The van der Waals surface area contributed by atoms with E-state index in [4.69, 9.17) is 11.6 Å². The number of aromatic nitrogens is 2. The Labute approximate surface area is 163 Å². The Morgan fingerprint density at radius 2 is 1.78 bits per heavy atom. The van der Waals surface area contributed by atoms with Gasteiger partial charge in [0, 0.05) is 43.9 Å². The molecule has 1 N–H and O–H groups in total. The van der Waals surface area contributed by atoms with E-state index >= 15 is 0 Å². The van der Waals surface area contributed by atoms with Gasteiger partial charge < -0.3 is 15.1 Å². The number of Topliss-reactive ketones (excluding diaryl/α,β-unsaturated/α-hetero) is 1. The smallest absolute Gasteiger partial charge is 0.296 e. The molecule has 2 heterocycles. The van der Waals surface area contributed by atoms with Crippen molar-refractivity contribution in [1.82, 2.24) is 14.7 Å². The Morgan fingerprint density at radius 1 is 1.11 bits per heavy atom. The minimum Gasteiger partial charge on any atom is -0.367 e. The minimum absolute atomic E-state index is 0.346. The minimum atomic E-state index is -0.688. The first-order chi connectivity index (χ1) is 12.8. The van der Waals surface area contributed by atoms with Gasteiger partial charge in [0.25, 0.3) is 11.7 Å². The third kappa shape index (κ3) is 3.99. The maximum absolute atomic E-state index is 12.7. The van der Waals surface area contributed by atoms with E-state index in [9.17, 15) is 9.59 Å². The second kappa shape index (κ2) is 7.70. The number of hydrogen-bond acceptors (Lipinski definition) is 5. The molecule has 8 heteroatoms. The molecule has 7 nitrogen and oxygen atoms in total. The first-order valence-electron chi connectivity index (χ1n) is 8.87. The van der Waals surface area contributed by atoms with Crippen LogP contribution >= 0.6 is 11.6 Å². The first kappa shape index (κ1) is 19.4. The van der Waals surface area contributed by atoms with Crippen molar-refractivity contribution in [2.75, 3.05) is 43.4 Å². The maximum atomic E-state index is 12.7. The Hall–Kier alpha value is -2.38. The number of carbonyl (C=O) groups excluding carboxylic acids is 2. The summed E-state index contributed by atoms with van der Waals surface area (Å²) in [6.07, 6.45) is 0. The summed E-state index contributed by atoms with van der Waals surface area (Å²) in [6.45, 7) is 7.05. The molecule has 27 heavy (non-hydrogen) atoms. The second-order valence-electron chi connectivity index (χ2n) is 6.90. The van der Waals surface area contributed by atoms with Gasteiger partial charge in [0.1, 0.15) is 0 Å². The number of aryl methyl sites for hydroxylation is 2. The standard InChI is InChI=1S/C19H24ClN5O2/c1-12-17(13(2)24(4)22-12)18(26)19(27)21-15-11-14(20)5-6-16(15)25-9-7-23(3)8-10-25/h5-6,11H,7-10H2,1-4H3,(H,21,27). The lowest BCUT2D eigenvalue weighted by molar-refractivity contribution is -0.112. The molecule has 0 atom stereocenters. The van der Waals surface area contributed by atoms with Crippen LogP contribution in [0.2, 0.25) is 5.02 Å². The van der Waals surface area contributed by atoms with E-state index in [-0.39, 0.29) is 0 Å². The van der Waals surface area contributed by atoms with Gasteiger partial charge in [-0.05, 0) is 39.1 Å². The fourth-order valence-corrected chi connectivity index (χ4v) is 3.50. The number of carbonyl (C=O) groups is 2. The number of ketones is 1. The summed E-state index contributed by atoms with van der Waals surface area (Å²) < 4.78 is 1.60. The molecule has 1 fully saturated rings. The molecule has 1 saturated heterocycles. The maximum Gasteiger partial charge on any atom is 0.296 e. The molecule has 1 amide bonds. The van der Waals surface area contributed by atoms with Gasteiger partial charge in [-0.3, -0.25) is 14.3 Å². The largest absolute Gasteiger partial charge is 0.367 e. The monoisotopic (exact) mass is 389 g/mol.